The van der Waals surface area contributed by atoms with Crippen LogP contribution in [-0.2, 0) is 20.9 Å². The molecule has 1 aliphatic heterocycles. The zero-order chi connectivity index (χ0) is 28.4. The number of allylic oxidation sites excluding steroid dienone is 3. The smallest absolute Gasteiger partial charge is 0.337 e. The van der Waals surface area contributed by atoms with Gasteiger partial charge >= 0.3 is 5.97 Å². The van der Waals surface area contributed by atoms with Crippen LogP contribution in [0.5, 0.6) is 11.5 Å². The molecular weight excluding hydrogens is 533 g/mol. The van der Waals surface area contributed by atoms with Crippen molar-refractivity contribution in [3.8, 4) is 11.5 Å². The summed E-state index contributed by atoms with van der Waals surface area (Å²) in [5.74, 6) is -1.43. The summed E-state index contributed by atoms with van der Waals surface area (Å²) in [5.41, 5.74) is 3.43. The van der Waals surface area contributed by atoms with Crippen LogP contribution >= 0.6 is 11.6 Å². The molecule has 6 nitrogen and oxygen atoms in total. The van der Waals surface area contributed by atoms with E-state index in [-0.39, 0.29) is 40.9 Å². The van der Waals surface area contributed by atoms with Crippen LogP contribution < -0.4 is 14.8 Å². The van der Waals surface area contributed by atoms with Gasteiger partial charge in [0.05, 0.1) is 25.7 Å². The van der Waals surface area contributed by atoms with Gasteiger partial charge in [-0.2, -0.15) is 0 Å². The highest BCUT2D eigenvalue weighted by atomic mass is 35.5. The lowest BCUT2D eigenvalue weighted by atomic mass is 9.71. The van der Waals surface area contributed by atoms with Crippen molar-refractivity contribution < 1.29 is 28.2 Å². The summed E-state index contributed by atoms with van der Waals surface area (Å²) in [7, 11) is 3.13. The second-order valence-electron chi connectivity index (χ2n) is 9.83. The molecule has 0 aromatic heterocycles. The first-order valence-corrected chi connectivity index (χ1v) is 13.3. The first-order valence-electron chi connectivity index (χ1n) is 12.9. The highest BCUT2D eigenvalue weighted by Crippen LogP contribution is 2.48. The SMILES string of the molecule is COc1ccc(C2CC(=O)C3=C(C2)NC(C)=C(C(=O)OCc2ccccc2)C3c2c(F)cccc2Cl)cc1OC. The van der Waals surface area contributed by atoms with Crippen molar-refractivity contribution in [3.05, 3.63) is 117 Å². The second-order valence-corrected chi connectivity index (χ2v) is 10.2. The number of rotatable bonds is 7. The maximum atomic E-state index is 15.4. The maximum absolute atomic E-state index is 15.4. The minimum absolute atomic E-state index is 0.0371. The number of esters is 1. The molecule has 0 amide bonds. The van der Waals surface area contributed by atoms with E-state index in [1.54, 1.807) is 27.2 Å². The van der Waals surface area contributed by atoms with Gasteiger partial charge in [-0.3, -0.25) is 4.79 Å². The number of benzene rings is 3. The average molecular weight is 562 g/mol. The molecule has 1 heterocycles. The summed E-state index contributed by atoms with van der Waals surface area (Å²) < 4.78 is 31.9. The van der Waals surface area contributed by atoms with E-state index >= 15 is 4.39 Å². The number of carbonyl (C=O) groups is 2. The fraction of sp³-hybridized carbons (Fsp3) is 0.250. The Morgan fingerprint density at radius 1 is 1.00 bits per heavy atom. The van der Waals surface area contributed by atoms with Gasteiger partial charge in [-0.05, 0) is 54.7 Å². The maximum Gasteiger partial charge on any atom is 0.337 e. The molecule has 0 bridgehead atoms. The molecule has 1 N–H and O–H groups in total. The number of ether oxygens (including phenoxy) is 3. The minimum Gasteiger partial charge on any atom is -0.493 e. The van der Waals surface area contributed by atoms with Gasteiger partial charge in [-0.1, -0.05) is 54.1 Å². The van der Waals surface area contributed by atoms with E-state index in [0.29, 0.717) is 34.9 Å². The van der Waals surface area contributed by atoms with Crippen molar-refractivity contribution in [3.63, 3.8) is 0 Å². The number of halogens is 2. The summed E-state index contributed by atoms with van der Waals surface area (Å²) in [5, 5.41) is 3.42. The van der Waals surface area contributed by atoms with Crippen LogP contribution in [0.15, 0.2) is 89.3 Å². The highest BCUT2D eigenvalue weighted by Gasteiger charge is 2.43. The van der Waals surface area contributed by atoms with Crippen molar-refractivity contribution in [2.75, 3.05) is 14.2 Å². The summed E-state index contributed by atoms with van der Waals surface area (Å²) in [6.45, 7) is 1.77. The first-order chi connectivity index (χ1) is 19.3. The van der Waals surface area contributed by atoms with Crippen molar-refractivity contribution in [1.29, 1.82) is 0 Å². The van der Waals surface area contributed by atoms with Gasteiger partial charge in [0.25, 0.3) is 0 Å². The lowest BCUT2D eigenvalue weighted by Crippen LogP contribution is -2.36. The van der Waals surface area contributed by atoms with Crippen molar-refractivity contribution in [2.45, 2.75) is 38.2 Å². The number of hydrogen-bond donors (Lipinski definition) is 1. The Morgan fingerprint density at radius 2 is 1.75 bits per heavy atom. The van der Waals surface area contributed by atoms with Gasteiger partial charge in [-0.15, -0.1) is 0 Å². The molecule has 0 fully saturated rings. The number of Topliss-reactive ketones (excluding diaryl/α,β-unsaturated/α-hetero) is 1. The first kappa shape index (κ1) is 27.5. The Bertz CT molecular complexity index is 1510. The van der Waals surface area contributed by atoms with Crippen LogP contribution in [0.3, 0.4) is 0 Å². The van der Waals surface area contributed by atoms with Gasteiger partial charge in [-0.25, -0.2) is 9.18 Å². The lowest BCUT2D eigenvalue weighted by Gasteiger charge is -2.37. The molecule has 0 saturated heterocycles. The zero-order valence-corrected chi connectivity index (χ0v) is 23.2. The van der Waals surface area contributed by atoms with E-state index in [0.717, 1.165) is 11.1 Å². The average Bonchev–Trinajstić information content (AvgIpc) is 2.95. The predicted octanol–water partition coefficient (Wildman–Crippen LogP) is 6.60. The van der Waals surface area contributed by atoms with Crippen molar-refractivity contribution in [1.82, 2.24) is 5.32 Å². The number of hydrogen-bond acceptors (Lipinski definition) is 6. The van der Waals surface area contributed by atoms with Gasteiger partial charge in [0, 0.05) is 34.0 Å². The normalized spacial score (nSPS) is 18.7. The molecule has 0 radical (unpaired) electrons. The molecule has 8 heteroatoms. The second kappa shape index (κ2) is 11.6. The summed E-state index contributed by atoms with van der Waals surface area (Å²) in [6, 6.07) is 19.2. The Kier molecular flexibility index (Phi) is 7.94. The fourth-order valence-electron chi connectivity index (χ4n) is 5.53. The van der Waals surface area contributed by atoms with E-state index in [9.17, 15) is 9.59 Å². The monoisotopic (exact) mass is 561 g/mol. The van der Waals surface area contributed by atoms with Crippen LogP contribution in [0.2, 0.25) is 5.02 Å². The minimum atomic E-state index is -1.01. The number of dihydropyridines is 1. The van der Waals surface area contributed by atoms with Crippen LogP contribution in [0.4, 0.5) is 4.39 Å². The molecule has 2 aliphatic rings. The van der Waals surface area contributed by atoms with Crippen LogP contribution in [0.25, 0.3) is 0 Å². The van der Waals surface area contributed by atoms with Crippen LogP contribution in [-0.4, -0.2) is 26.0 Å². The summed E-state index contributed by atoms with van der Waals surface area (Å²) >= 11 is 6.52. The van der Waals surface area contributed by atoms with Gasteiger partial charge in [0.15, 0.2) is 17.3 Å². The largest absolute Gasteiger partial charge is 0.493 e. The Hall–Kier alpha value is -4.10. The molecule has 5 rings (SSSR count). The van der Waals surface area contributed by atoms with Crippen molar-refractivity contribution in [2.24, 2.45) is 0 Å². The highest BCUT2D eigenvalue weighted by molar-refractivity contribution is 6.31. The van der Waals surface area contributed by atoms with E-state index in [4.69, 9.17) is 25.8 Å². The third-order valence-electron chi connectivity index (χ3n) is 7.43. The zero-order valence-electron chi connectivity index (χ0n) is 22.4. The van der Waals surface area contributed by atoms with E-state index in [1.807, 2.05) is 48.5 Å². The molecule has 40 heavy (non-hydrogen) atoms. The molecule has 2 unspecified atom stereocenters. The molecule has 1 aliphatic carbocycles. The Balaban J connectivity index is 1.54. The summed E-state index contributed by atoms with van der Waals surface area (Å²) in [4.78, 5) is 27.4. The van der Waals surface area contributed by atoms with E-state index in [2.05, 4.69) is 5.32 Å². The predicted molar refractivity (Wildman–Crippen MR) is 150 cm³/mol. The lowest BCUT2D eigenvalue weighted by molar-refractivity contribution is -0.140. The van der Waals surface area contributed by atoms with Crippen molar-refractivity contribution >= 4 is 23.4 Å². The van der Waals surface area contributed by atoms with Crippen LogP contribution in [0.1, 0.15) is 48.3 Å². The molecule has 0 spiro atoms. The topological polar surface area (TPSA) is 73.9 Å². The number of methoxy groups -OCH3 is 2. The summed E-state index contributed by atoms with van der Waals surface area (Å²) in [6.07, 6.45) is 0.646. The number of nitrogens with one attached hydrogen (secondary N) is 1. The van der Waals surface area contributed by atoms with Crippen LogP contribution in [0, 0.1) is 5.82 Å². The molecule has 2 atom stereocenters. The standard InChI is InChI=1S/C32H29ClFNO5/c1-18-28(32(37)40-17-19-8-5-4-6-9-19)31(29-22(33)10-7-11-23(29)34)30-24(35-18)14-21(15-25(30)36)20-12-13-26(38-2)27(16-20)39-3/h4-13,16,21,31,35H,14-15,17H2,1-3H3. The quantitative estimate of drug-likeness (QED) is 0.328. The molecule has 0 saturated carbocycles. The molecule has 3 aromatic carbocycles. The van der Waals surface area contributed by atoms with Gasteiger partial charge in [0.2, 0.25) is 0 Å². The Labute approximate surface area is 237 Å². The molecular formula is C32H29ClFNO5. The number of ketones is 1. The van der Waals surface area contributed by atoms with Gasteiger partial charge in [0.1, 0.15) is 12.4 Å². The van der Waals surface area contributed by atoms with E-state index in [1.165, 1.54) is 12.1 Å². The fourth-order valence-corrected chi connectivity index (χ4v) is 5.80. The third kappa shape index (κ3) is 5.21. The Morgan fingerprint density at radius 3 is 2.45 bits per heavy atom. The third-order valence-corrected chi connectivity index (χ3v) is 7.76. The van der Waals surface area contributed by atoms with E-state index < -0.39 is 17.7 Å². The number of carbonyl (C=O) groups excluding carboxylic acids is 2. The molecule has 206 valence electrons. The molecule has 3 aromatic rings. The van der Waals surface area contributed by atoms with Gasteiger partial charge < -0.3 is 19.5 Å².